The SMILES string of the molecule is COc1cc(C=C2C(=O)c3ccccc3C2=O)cc(Br)c1OCc1ccc(Br)cc1. The molecule has 0 aliphatic heterocycles. The second kappa shape index (κ2) is 8.58. The largest absolute Gasteiger partial charge is 0.493 e. The summed E-state index contributed by atoms with van der Waals surface area (Å²) in [6.07, 6.45) is 1.59. The van der Waals surface area contributed by atoms with Crippen LogP contribution >= 0.6 is 31.9 Å². The van der Waals surface area contributed by atoms with Crippen LogP contribution in [0.5, 0.6) is 11.5 Å². The van der Waals surface area contributed by atoms with Gasteiger partial charge in [0.1, 0.15) is 6.61 Å². The minimum absolute atomic E-state index is 0.147. The summed E-state index contributed by atoms with van der Waals surface area (Å²) in [5.74, 6) is 0.529. The molecule has 0 bridgehead atoms. The molecule has 0 aromatic heterocycles. The Morgan fingerprint density at radius 2 is 1.53 bits per heavy atom. The molecule has 0 N–H and O–H groups in total. The van der Waals surface area contributed by atoms with Crippen molar-refractivity contribution in [1.29, 1.82) is 0 Å². The lowest BCUT2D eigenvalue weighted by atomic mass is 10.1. The second-order valence-electron chi connectivity index (χ2n) is 6.71. The van der Waals surface area contributed by atoms with Gasteiger partial charge < -0.3 is 9.47 Å². The summed E-state index contributed by atoms with van der Waals surface area (Å²) in [6.45, 7) is 0.370. The van der Waals surface area contributed by atoms with E-state index >= 15 is 0 Å². The van der Waals surface area contributed by atoms with Crippen LogP contribution < -0.4 is 9.47 Å². The summed E-state index contributed by atoms with van der Waals surface area (Å²) in [6, 6.07) is 18.2. The first-order valence-electron chi connectivity index (χ1n) is 9.13. The van der Waals surface area contributed by atoms with Gasteiger partial charge in [-0.3, -0.25) is 9.59 Å². The molecule has 0 atom stereocenters. The van der Waals surface area contributed by atoms with Crippen LogP contribution in [0, 0.1) is 0 Å². The molecule has 0 fully saturated rings. The summed E-state index contributed by atoms with van der Waals surface area (Å²) >= 11 is 6.94. The number of ketones is 2. The van der Waals surface area contributed by atoms with Gasteiger partial charge in [-0.2, -0.15) is 0 Å². The van der Waals surface area contributed by atoms with E-state index in [9.17, 15) is 9.59 Å². The molecule has 1 aliphatic carbocycles. The molecule has 0 heterocycles. The number of benzene rings is 3. The van der Waals surface area contributed by atoms with Gasteiger partial charge in [0.25, 0.3) is 0 Å². The summed E-state index contributed by atoms with van der Waals surface area (Å²) in [5, 5.41) is 0. The van der Waals surface area contributed by atoms with E-state index in [1.54, 1.807) is 49.6 Å². The lowest BCUT2D eigenvalue weighted by molar-refractivity contribution is 0.0990. The average molecular weight is 528 g/mol. The fraction of sp³-hybridized carbons (Fsp3) is 0.0833. The van der Waals surface area contributed by atoms with E-state index in [-0.39, 0.29) is 17.1 Å². The lowest BCUT2D eigenvalue weighted by Crippen LogP contribution is -2.01. The highest BCUT2D eigenvalue weighted by Gasteiger charge is 2.32. The Hall–Kier alpha value is -2.70. The fourth-order valence-electron chi connectivity index (χ4n) is 3.27. The Morgan fingerprint density at radius 3 is 2.13 bits per heavy atom. The highest BCUT2D eigenvalue weighted by molar-refractivity contribution is 9.10. The summed E-state index contributed by atoms with van der Waals surface area (Å²) in [7, 11) is 1.55. The number of fused-ring (bicyclic) bond motifs is 1. The van der Waals surface area contributed by atoms with Gasteiger partial charge in [-0.25, -0.2) is 0 Å². The first-order valence-corrected chi connectivity index (χ1v) is 10.7. The van der Waals surface area contributed by atoms with Crippen LogP contribution in [0.4, 0.5) is 0 Å². The number of Topliss-reactive ketones (excluding diaryl/α,β-unsaturated/α-hetero) is 2. The van der Waals surface area contributed by atoms with E-state index in [4.69, 9.17) is 9.47 Å². The molecule has 3 aromatic carbocycles. The third kappa shape index (κ3) is 3.98. The fourth-order valence-corrected chi connectivity index (χ4v) is 4.11. The number of hydrogen-bond acceptors (Lipinski definition) is 4. The number of allylic oxidation sites excluding steroid dienone is 1. The van der Waals surface area contributed by atoms with Crippen LogP contribution in [-0.4, -0.2) is 18.7 Å². The molecule has 6 heteroatoms. The predicted molar refractivity (Wildman–Crippen MR) is 122 cm³/mol. The molecule has 4 rings (SSSR count). The van der Waals surface area contributed by atoms with Crippen molar-refractivity contribution in [3.8, 4) is 11.5 Å². The van der Waals surface area contributed by atoms with Gasteiger partial charge >= 0.3 is 0 Å². The lowest BCUT2D eigenvalue weighted by Gasteiger charge is -2.14. The molecule has 1 aliphatic rings. The standard InChI is InChI=1S/C24H16Br2O4/c1-29-21-12-15(10-19-22(27)17-4-2-3-5-18(17)23(19)28)11-20(26)24(21)30-13-14-6-8-16(25)9-7-14/h2-12H,13H2,1H3. The van der Waals surface area contributed by atoms with Crippen molar-refractivity contribution < 1.29 is 19.1 Å². The first-order chi connectivity index (χ1) is 14.5. The van der Waals surface area contributed by atoms with Crippen LogP contribution in [-0.2, 0) is 6.61 Å². The summed E-state index contributed by atoms with van der Waals surface area (Å²) < 4.78 is 13.1. The van der Waals surface area contributed by atoms with E-state index in [1.165, 1.54) is 0 Å². The molecule has 0 spiro atoms. The maximum atomic E-state index is 12.6. The molecule has 0 radical (unpaired) electrons. The Labute approximate surface area is 190 Å². The van der Waals surface area contributed by atoms with Gasteiger partial charge in [0, 0.05) is 15.6 Å². The van der Waals surface area contributed by atoms with E-state index in [1.807, 2.05) is 24.3 Å². The van der Waals surface area contributed by atoms with Gasteiger partial charge in [-0.15, -0.1) is 0 Å². The van der Waals surface area contributed by atoms with Crippen molar-refractivity contribution in [3.05, 3.63) is 97.4 Å². The molecule has 150 valence electrons. The van der Waals surface area contributed by atoms with Gasteiger partial charge in [-0.05, 0) is 57.4 Å². The Balaban J connectivity index is 1.63. The zero-order chi connectivity index (χ0) is 21.3. The highest BCUT2D eigenvalue weighted by Crippen LogP contribution is 2.38. The number of halogens is 2. The van der Waals surface area contributed by atoms with Gasteiger partial charge in [0.15, 0.2) is 23.1 Å². The molecular formula is C24H16Br2O4. The minimum atomic E-state index is -0.263. The normalized spacial score (nSPS) is 12.7. The van der Waals surface area contributed by atoms with Crippen molar-refractivity contribution >= 4 is 49.5 Å². The van der Waals surface area contributed by atoms with E-state index in [2.05, 4.69) is 31.9 Å². The van der Waals surface area contributed by atoms with Crippen LogP contribution in [0.2, 0.25) is 0 Å². The smallest absolute Gasteiger partial charge is 0.197 e. The third-order valence-electron chi connectivity index (χ3n) is 4.76. The Morgan fingerprint density at radius 1 is 0.900 bits per heavy atom. The second-order valence-corrected chi connectivity index (χ2v) is 8.48. The van der Waals surface area contributed by atoms with Crippen LogP contribution in [0.1, 0.15) is 31.8 Å². The molecule has 0 amide bonds. The van der Waals surface area contributed by atoms with Crippen molar-refractivity contribution in [2.75, 3.05) is 7.11 Å². The van der Waals surface area contributed by atoms with E-state index < -0.39 is 0 Å². The van der Waals surface area contributed by atoms with Crippen LogP contribution in [0.15, 0.2) is 75.2 Å². The van der Waals surface area contributed by atoms with Crippen molar-refractivity contribution in [2.45, 2.75) is 6.61 Å². The number of carbonyl (C=O) groups is 2. The van der Waals surface area contributed by atoms with Crippen molar-refractivity contribution in [1.82, 2.24) is 0 Å². The van der Waals surface area contributed by atoms with Gasteiger partial charge in [0.2, 0.25) is 0 Å². The van der Waals surface area contributed by atoms with Crippen molar-refractivity contribution in [3.63, 3.8) is 0 Å². The monoisotopic (exact) mass is 526 g/mol. The number of methoxy groups -OCH3 is 1. The minimum Gasteiger partial charge on any atom is -0.493 e. The first kappa shape index (κ1) is 20.6. The summed E-state index contributed by atoms with van der Waals surface area (Å²) in [5.41, 5.74) is 2.70. The molecule has 3 aromatic rings. The topological polar surface area (TPSA) is 52.6 Å². The summed E-state index contributed by atoms with van der Waals surface area (Å²) in [4.78, 5) is 25.3. The zero-order valence-electron chi connectivity index (χ0n) is 15.9. The maximum absolute atomic E-state index is 12.6. The van der Waals surface area contributed by atoms with Crippen molar-refractivity contribution in [2.24, 2.45) is 0 Å². The third-order valence-corrected chi connectivity index (χ3v) is 5.88. The van der Waals surface area contributed by atoms with E-state index in [0.29, 0.717) is 39.3 Å². The number of rotatable bonds is 5. The number of carbonyl (C=O) groups excluding carboxylic acids is 2. The highest BCUT2D eigenvalue weighted by atomic mass is 79.9. The molecule has 4 nitrogen and oxygen atoms in total. The Bertz CT molecular complexity index is 1140. The molecule has 30 heavy (non-hydrogen) atoms. The van der Waals surface area contributed by atoms with Crippen LogP contribution in [0.3, 0.4) is 0 Å². The molecule has 0 saturated carbocycles. The number of hydrogen-bond donors (Lipinski definition) is 0. The van der Waals surface area contributed by atoms with E-state index in [0.717, 1.165) is 10.0 Å². The average Bonchev–Trinajstić information content (AvgIpc) is 2.99. The molecular weight excluding hydrogens is 512 g/mol. The maximum Gasteiger partial charge on any atom is 0.197 e. The molecule has 0 unspecified atom stereocenters. The van der Waals surface area contributed by atoms with Gasteiger partial charge in [-0.1, -0.05) is 52.3 Å². The van der Waals surface area contributed by atoms with Gasteiger partial charge in [0.05, 0.1) is 17.2 Å². The van der Waals surface area contributed by atoms with Crippen LogP contribution in [0.25, 0.3) is 6.08 Å². The zero-order valence-corrected chi connectivity index (χ0v) is 19.1. The predicted octanol–water partition coefficient (Wildman–Crippen LogP) is 6.26. The molecule has 0 saturated heterocycles. The number of ether oxygens (including phenoxy) is 2. The Kier molecular flexibility index (Phi) is 5.88. The quantitative estimate of drug-likeness (QED) is 0.290.